The fraction of sp³-hybridized carbons (Fsp3) is 0.576. The highest BCUT2D eigenvalue weighted by molar-refractivity contribution is 6.32. The number of hydrogen-bond donors (Lipinski definition) is 2. The number of ether oxygens (including phenoxy) is 4. The number of halogens is 1. The van der Waals surface area contributed by atoms with Crippen molar-refractivity contribution in [3.8, 4) is 22.8 Å². The zero-order valence-corrected chi connectivity index (χ0v) is 28.1. The normalized spacial score (nSPS) is 20.1. The lowest BCUT2D eigenvalue weighted by molar-refractivity contribution is 0.00499. The van der Waals surface area contributed by atoms with Crippen molar-refractivity contribution in [2.24, 2.45) is 16.1 Å². The van der Waals surface area contributed by atoms with Crippen LogP contribution in [0.25, 0.3) is 11.1 Å². The van der Waals surface area contributed by atoms with Gasteiger partial charge in [0, 0.05) is 49.6 Å². The summed E-state index contributed by atoms with van der Waals surface area (Å²) >= 11 is 6.40. The Hall–Kier alpha value is -3.45. The molecule has 5 rings (SSSR count). The summed E-state index contributed by atoms with van der Waals surface area (Å²) in [7, 11) is 1.70. The molecule has 0 radical (unpaired) electrons. The van der Waals surface area contributed by atoms with Gasteiger partial charge in [-0.25, -0.2) is 9.97 Å². The van der Waals surface area contributed by atoms with E-state index in [-0.39, 0.29) is 11.5 Å². The Morgan fingerprint density at radius 2 is 1.83 bits per heavy atom. The number of rotatable bonds is 14. The van der Waals surface area contributed by atoms with Gasteiger partial charge in [-0.15, -0.1) is 5.10 Å². The van der Waals surface area contributed by atoms with Crippen molar-refractivity contribution in [3.05, 3.63) is 41.8 Å². The average molecular weight is 655 g/mol. The van der Waals surface area contributed by atoms with Gasteiger partial charge in [-0.1, -0.05) is 31.5 Å². The molecule has 1 aliphatic carbocycles. The monoisotopic (exact) mass is 654 g/mol. The minimum absolute atomic E-state index is 0.180. The molecule has 3 aromatic rings. The molecular formula is C33H47ClN8O4. The molecule has 12 nitrogen and oxygen atoms in total. The smallest absolute Gasteiger partial charge is 0.256 e. The van der Waals surface area contributed by atoms with E-state index < -0.39 is 0 Å². The third-order valence-corrected chi connectivity index (χ3v) is 8.71. The van der Waals surface area contributed by atoms with Gasteiger partial charge in [0.1, 0.15) is 17.5 Å². The lowest BCUT2D eigenvalue weighted by atomic mass is 9.90. The number of aromatic nitrogens is 4. The topological polar surface area (TPSA) is 134 Å². The van der Waals surface area contributed by atoms with E-state index in [0.717, 1.165) is 68.8 Å². The highest BCUT2D eigenvalue weighted by Crippen LogP contribution is 2.36. The average Bonchev–Trinajstić information content (AvgIpc) is 3.47. The van der Waals surface area contributed by atoms with Crippen LogP contribution in [0.1, 0.15) is 52.5 Å². The second kappa shape index (κ2) is 15.9. The van der Waals surface area contributed by atoms with Crippen LogP contribution in [0.2, 0.25) is 5.02 Å². The zero-order valence-electron chi connectivity index (χ0n) is 27.3. The van der Waals surface area contributed by atoms with Gasteiger partial charge in [0.25, 0.3) is 5.88 Å². The van der Waals surface area contributed by atoms with Crippen LogP contribution in [0.4, 0.5) is 11.6 Å². The van der Waals surface area contributed by atoms with Crippen LogP contribution in [0.3, 0.4) is 0 Å². The minimum atomic E-state index is -0.187. The Bertz CT molecular complexity index is 1420. The van der Waals surface area contributed by atoms with Crippen molar-refractivity contribution in [3.63, 3.8) is 0 Å². The van der Waals surface area contributed by atoms with Crippen molar-refractivity contribution in [2.45, 2.75) is 64.6 Å². The predicted molar refractivity (Wildman–Crippen MR) is 180 cm³/mol. The summed E-state index contributed by atoms with van der Waals surface area (Å²) in [6, 6.07) is 6.51. The van der Waals surface area contributed by atoms with Crippen molar-refractivity contribution < 1.29 is 18.9 Å². The van der Waals surface area contributed by atoms with Crippen molar-refractivity contribution in [1.82, 2.24) is 24.6 Å². The maximum atomic E-state index is 6.40. The second-order valence-corrected chi connectivity index (χ2v) is 13.2. The van der Waals surface area contributed by atoms with E-state index in [4.69, 9.17) is 41.4 Å². The number of nitrogens with zero attached hydrogens (tertiary/aromatic N) is 6. The fourth-order valence-electron chi connectivity index (χ4n) is 5.98. The molecule has 1 atom stereocenters. The molecule has 0 amide bonds. The van der Waals surface area contributed by atoms with Gasteiger partial charge < -0.3 is 30.0 Å². The standard InChI is InChI=1S/C33H47ClN8O4/c1-23(16-36-22-35)46-30-15-24(5-10-28(30)34)25-17-37-32(38-18-25)39-29-19-42(40-31(29)45-21-33(2,3)20-43-4)27-8-6-26(7-9-27)41-11-13-44-14-12-41/h5,10,15,17-19,22-23,26-27H,6-9,11-14,16,20-21H2,1-4H3,(H2,35,36)(H,37,38,39)/t23-,26?,27?/m0/s1. The Morgan fingerprint density at radius 3 is 2.52 bits per heavy atom. The molecule has 46 heavy (non-hydrogen) atoms. The van der Waals surface area contributed by atoms with Crippen molar-refractivity contribution in [1.29, 1.82) is 0 Å². The quantitative estimate of drug-likeness (QED) is 0.173. The van der Waals surface area contributed by atoms with E-state index in [0.29, 0.717) is 54.4 Å². The molecule has 0 spiro atoms. The van der Waals surface area contributed by atoms with Gasteiger partial charge in [-0.05, 0) is 50.3 Å². The van der Waals surface area contributed by atoms with Crippen molar-refractivity contribution >= 4 is 29.6 Å². The number of methoxy groups -OCH3 is 1. The highest BCUT2D eigenvalue weighted by Gasteiger charge is 2.29. The van der Waals surface area contributed by atoms with E-state index in [1.54, 1.807) is 25.6 Å². The summed E-state index contributed by atoms with van der Waals surface area (Å²) < 4.78 is 25.3. The number of nitrogens with two attached hydrogens (primary N) is 1. The summed E-state index contributed by atoms with van der Waals surface area (Å²) in [6.07, 6.45) is 11.1. The second-order valence-electron chi connectivity index (χ2n) is 12.8. The molecule has 0 unspecified atom stereocenters. The van der Waals surface area contributed by atoms with Gasteiger partial charge in [0.15, 0.2) is 0 Å². The number of hydrogen-bond acceptors (Lipinski definition) is 10. The van der Waals surface area contributed by atoms with E-state index in [1.807, 2.05) is 25.3 Å². The summed E-state index contributed by atoms with van der Waals surface area (Å²) in [5.74, 6) is 1.53. The van der Waals surface area contributed by atoms with Crippen molar-refractivity contribution in [2.75, 3.05) is 58.5 Å². The van der Waals surface area contributed by atoms with E-state index in [1.165, 1.54) is 6.34 Å². The molecule has 250 valence electrons. The molecule has 2 fully saturated rings. The molecule has 2 aromatic heterocycles. The molecule has 3 N–H and O–H groups in total. The SMILES string of the molecule is COCC(C)(C)COc1nn(C2CCC(N3CCOCC3)CC2)cc1Nc1ncc(-c2ccc(Cl)c(O[C@@H](C)CN=CN)c2)cn1. The number of nitrogens with one attached hydrogen (secondary N) is 1. The van der Waals surface area contributed by atoms with Crippen LogP contribution >= 0.6 is 11.6 Å². The summed E-state index contributed by atoms with van der Waals surface area (Å²) in [5, 5.41) is 8.78. The lowest BCUT2D eigenvalue weighted by Gasteiger charge is -2.38. The molecule has 1 aromatic carbocycles. The predicted octanol–water partition coefficient (Wildman–Crippen LogP) is 5.36. The fourth-order valence-corrected chi connectivity index (χ4v) is 6.14. The molecule has 1 saturated carbocycles. The number of morpholine rings is 1. The Balaban J connectivity index is 1.29. The molecular weight excluding hydrogens is 608 g/mol. The van der Waals surface area contributed by atoms with E-state index >= 15 is 0 Å². The van der Waals surface area contributed by atoms with E-state index in [9.17, 15) is 0 Å². The summed E-state index contributed by atoms with van der Waals surface area (Å²) in [4.78, 5) is 15.8. The molecule has 0 bridgehead atoms. The summed E-state index contributed by atoms with van der Waals surface area (Å²) in [5.41, 5.74) is 7.62. The first-order valence-corrected chi connectivity index (χ1v) is 16.4. The zero-order chi connectivity index (χ0) is 32.5. The van der Waals surface area contributed by atoms with Gasteiger partial charge in [0.05, 0.1) is 56.6 Å². The van der Waals surface area contributed by atoms with Crippen LogP contribution in [0.5, 0.6) is 11.6 Å². The first-order chi connectivity index (χ1) is 22.2. The lowest BCUT2D eigenvalue weighted by Crippen LogP contribution is -2.45. The molecule has 2 aliphatic rings. The molecule has 1 saturated heterocycles. The maximum Gasteiger partial charge on any atom is 0.256 e. The minimum Gasteiger partial charge on any atom is -0.487 e. The third-order valence-electron chi connectivity index (χ3n) is 8.39. The number of aliphatic imine (C=N–C) groups is 1. The number of benzene rings is 1. The molecule has 13 heteroatoms. The van der Waals surface area contributed by atoms with Gasteiger partial charge in [-0.3, -0.25) is 14.6 Å². The van der Waals surface area contributed by atoms with Crippen LogP contribution in [-0.2, 0) is 9.47 Å². The first kappa shape index (κ1) is 33.9. The maximum absolute atomic E-state index is 6.40. The van der Waals surface area contributed by atoms with Gasteiger partial charge >= 0.3 is 0 Å². The third kappa shape index (κ3) is 9.09. The largest absolute Gasteiger partial charge is 0.487 e. The Labute approximate surface area is 276 Å². The molecule has 3 heterocycles. The summed E-state index contributed by atoms with van der Waals surface area (Å²) in [6.45, 7) is 11.3. The van der Waals surface area contributed by atoms with Gasteiger partial charge in [-0.2, -0.15) is 0 Å². The highest BCUT2D eigenvalue weighted by atomic mass is 35.5. The number of anilines is 2. The van der Waals surface area contributed by atoms with Crippen LogP contribution in [0.15, 0.2) is 41.8 Å². The van der Waals surface area contributed by atoms with Crippen LogP contribution < -0.4 is 20.5 Å². The van der Waals surface area contributed by atoms with Gasteiger partial charge in [0.2, 0.25) is 5.95 Å². The van der Waals surface area contributed by atoms with E-state index in [2.05, 4.69) is 43.7 Å². The first-order valence-electron chi connectivity index (χ1n) is 16.0. The Morgan fingerprint density at radius 1 is 1.11 bits per heavy atom. The van der Waals surface area contributed by atoms with Crippen LogP contribution in [0, 0.1) is 5.41 Å². The molecule has 1 aliphatic heterocycles. The van der Waals surface area contributed by atoms with Crippen LogP contribution in [-0.4, -0.2) is 96.3 Å². The Kier molecular flexibility index (Phi) is 11.7.